The van der Waals surface area contributed by atoms with Gasteiger partial charge in [0, 0.05) is 23.2 Å². The van der Waals surface area contributed by atoms with E-state index in [1.165, 1.54) is 0 Å². The smallest absolute Gasteiger partial charge is 0.238 e. The summed E-state index contributed by atoms with van der Waals surface area (Å²) < 4.78 is 1.01. The van der Waals surface area contributed by atoms with Crippen molar-refractivity contribution >= 4 is 27.5 Å². The van der Waals surface area contributed by atoms with Gasteiger partial charge in [-0.25, -0.2) is 0 Å². The zero-order valence-electron chi connectivity index (χ0n) is 11.9. The molecule has 1 saturated heterocycles. The Balaban J connectivity index is 1.87. The molecule has 0 bridgehead atoms. The molecule has 2 rings (SSSR count). The highest BCUT2D eigenvalue weighted by Crippen LogP contribution is 2.22. The molecule has 1 aromatic carbocycles. The molecule has 0 atom stereocenters. The van der Waals surface area contributed by atoms with Gasteiger partial charge in [0.15, 0.2) is 0 Å². The van der Waals surface area contributed by atoms with Crippen molar-refractivity contribution in [2.75, 3.05) is 25.0 Å². The van der Waals surface area contributed by atoms with Crippen LogP contribution < -0.4 is 5.32 Å². The summed E-state index contributed by atoms with van der Waals surface area (Å²) in [5.74, 6) is -0.00281. The second-order valence-electron chi connectivity index (χ2n) is 5.78. The van der Waals surface area contributed by atoms with Crippen LogP contribution in [0.15, 0.2) is 22.7 Å². The number of carbonyl (C=O) groups excluding carboxylic acids is 1. The summed E-state index contributed by atoms with van der Waals surface area (Å²) in [6, 6.07) is 5.80. The first-order valence-corrected chi connectivity index (χ1v) is 7.66. The first-order valence-electron chi connectivity index (χ1n) is 6.86. The Morgan fingerprint density at radius 1 is 1.45 bits per heavy atom. The molecule has 20 heavy (non-hydrogen) atoms. The molecule has 1 fully saturated rings. The average molecular weight is 341 g/mol. The van der Waals surface area contributed by atoms with Gasteiger partial charge in [-0.15, -0.1) is 0 Å². The van der Waals surface area contributed by atoms with Crippen LogP contribution in [0.25, 0.3) is 0 Å². The van der Waals surface area contributed by atoms with Crippen molar-refractivity contribution < 1.29 is 9.90 Å². The fourth-order valence-electron chi connectivity index (χ4n) is 2.35. The lowest BCUT2D eigenvalue weighted by atomic mass is 9.94. The van der Waals surface area contributed by atoms with E-state index in [-0.39, 0.29) is 5.91 Å². The molecule has 2 N–H and O–H groups in total. The topological polar surface area (TPSA) is 52.6 Å². The predicted octanol–water partition coefficient (Wildman–Crippen LogP) is 2.54. The predicted molar refractivity (Wildman–Crippen MR) is 83.8 cm³/mol. The fourth-order valence-corrected chi connectivity index (χ4v) is 2.83. The van der Waals surface area contributed by atoms with E-state index in [4.69, 9.17) is 0 Å². The first kappa shape index (κ1) is 15.5. The van der Waals surface area contributed by atoms with Crippen molar-refractivity contribution in [1.82, 2.24) is 4.90 Å². The van der Waals surface area contributed by atoms with Gasteiger partial charge in [0.2, 0.25) is 5.91 Å². The van der Waals surface area contributed by atoms with Crippen LogP contribution in [0.4, 0.5) is 5.69 Å². The quantitative estimate of drug-likeness (QED) is 0.888. The monoisotopic (exact) mass is 340 g/mol. The van der Waals surface area contributed by atoms with Crippen molar-refractivity contribution in [3.8, 4) is 0 Å². The van der Waals surface area contributed by atoms with Crippen molar-refractivity contribution in [3.05, 3.63) is 28.2 Å². The van der Waals surface area contributed by atoms with E-state index in [2.05, 4.69) is 26.1 Å². The summed E-state index contributed by atoms with van der Waals surface area (Å²) in [6.45, 7) is 5.74. The number of aliphatic hydroxyl groups is 1. The Labute approximate surface area is 128 Å². The van der Waals surface area contributed by atoms with E-state index in [1.54, 1.807) is 0 Å². The summed E-state index contributed by atoms with van der Waals surface area (Å²) >= 11 is 3.41. The Morgan fingerprint density at radius 3 is 2.70 bits per heavy atom. The maximum atomic E-state index is 12.1. The van der Waals surface area contributed by atoms with Gasteiger partial charge in [0.1, 0.15) is 0 Å². The van der Waals surface area contributed by atoms with E-state index in [1.807, 2.05) is 32.0 Å². The molecule has 1 aromatic rings. The molecule has 0 spiro atoms. The maximum absolute atomic E-state index is 12.1. The number of nitrogens with one attached hydrogen (secondary N) is 1. The molecule has 0 saturated carbocycles. The number of nitrogens with zero attached hydrogens (tertiary/aromatic N) is 1. The van der Waals surface area contributed by atoms with Crippen LogP contribution >= 0.6 is 15.9 Å². The standard InChI is InChI=1S/C15H21BrN2O2/c1-11-9-12(16)3-4-13(11)17-14(19)10-18-7-5-15(2,20)6-8-18/h3-4,9,20H,5-8,10H2,1-2H3,(H,17,19). The van der Waals surface area contributed by atoms with E-state index < -0.39 is 5.60 Å². The third-order valence-corrected chi connectivity index (χ3v) is 4.26. The van der Waals surface area contributed by atoms with Crippen LogP contribution in [-0.4, -0.2) is 41.1 Å². The number of aryl methyl sites for hydroxylation is 1. The van der Waals surface area contributed by atoms with E-state index >= 15 is 0 Å². The molecule has 4 nitrogen and oxygen atoms in total. The molecular weight excluding hydrogens is 320 g/mol. The molecule has 0 aromatic heterocycles. The van der Waals surface area contributed by atoms with Crippen LogP contribution in [0.5, 0.6) is 0 Å². The number of hydrogen-bond acceptors (Lipinski definition) is 3. The van der Waals surface area contributed by atoms with Gasteiger partial charge in [-0.2, -0.15) is 0 Å². The molecule has 0 aliphatic carbocycles. The van der Waals surface area contributed by atoms with Crippen molar-refractivity contribution in [2.45, 2.75) is 32.3 Å². The minimum Gasteiger partial charge on any atom is -0.390 e. The van der Waals surface area contributed by atoms with E-state index in [0.29, 0.717) is 6.54 Å². The normalized spacial score (nSPS) is 18.8. The third kappa shape index (κ3) is 4.30. The van der Waals surface area contributed by atoms with Gasteiger partial charge >= 0.3 is 0 Å². The van der Waals surface area contributed by atoms with Crippen LogP contribution in [-0.2, 0) is 4.79 Å². The van der Waals surface area contributed by atoms with E-state index in [0.717, 1.165) is 41.7 Å². The van der Waals surface area contributed by atoms with Gasteiger partial charge in [-0.3, -0.25) is 9.69 Å². The molecule has 5 heteroatoms. The number of rotatable bonds is 3. The minimum atomic E-state index is -0.574. The summed E-state index contributed by atoms with van der Waals surface area (Å²) in [5, 5.41) is 12.8. The number of halogens is 1. The zero-order valence-corrected chi connectivity index (χ0v) is 13.5. The molecular formula is C15H21BrN2O2. The highest BCUT2D eigenvalue weighted by Gasteiger charge is 2.27. The second-order valence-corrected chi connectivity index (χ2v) is 6.70. The molecule has 1 aliphatic heterocycles. The van der Waals surface area contributed by atoms with Gasteiger partial charge in [-0.05, 0) is 50.5 Å². The lowest BCUT2D eigenvalue weighted by molar-refractivity contribution is -0.118. The number of anilines is 1. The SMILES string of the molecule is Cc1cc(Br)ccc1NC(=O)CN1CCC(C)(O)CC1. The van der Waals surface area contributed by atoms with Crippen LogP contribution in [0, 0.1) is 6.92 Å². The zero-order chi connectivity index (χ0) is 14.8. The number of amides is 1. The summed E-state index contributed by atoms with van der Waals surface area (Å²) in [4.78, 5) is 14.1. The highest BCUT2D eigenvalue weighted by molar-refractivity contribution is 9.10. The van der Waals surface area contributed by atoms with E-state index in [9.17, 15) is 9.90 Å². The third-order valence-electron chi connectivity index (χ3n) is 3.76. The summed E-state index contributed by atoms with van der Waals surface area (Å²) in [7, 11) is 0. The molecule has 110 valence electrons. The molecule has 0 unspecified atom stereocenters. The molecule has 1 heterocycles. The summed E-state index contributed by atoms with van der Waals surface area (Å²) in [5.41, 5.74) is 1.31. The number of benzene rings is 1. The summed E-state index contributed by atoms with van der Waals surface area (Å²) in [6.07, 6.45) is 1.44. The Kier molecular flexibility index (Phi) is 4.83. The van der Waals surface area contributed by atoms with Gasteiger partial charge < -0.3 is 10.4 Å². The number of piperidine rings is 1. The second kappa shape index (κ2) is 6.24. The number of likely N-dealkylation sites (tertiary alicyclic amines) is 1. The van der Waals surface area contributed by atoms with Crippen LogP contribution in [0.1, 0.15) is 25.3 Å². The lowest BCUT2D eigenvalue weighted by Gasteiger charge is -2.35. The maximum Gasteiger partial charge on any atom is 0.238 e. The highest BCUT2D eigenvalue weighted by atomic mass is 79.9. The lowest BCUT2D eigenvalue weighted by Crippen LogP contribution is -2.45. The van der Waals surface area contributed by atoms with Gasteiger partial charge in [-0.1, -0.05) is 15.9 Å². The average Bonchev–Trinajstić information content (AvgIpc) is 2.35. The van der Waals surface area contributed by atoms with Crippen molar-refractivity contribution in [2.24, 2.45) is 0 Å². The Morgan fingerprint density at radius 2 is 2.10 bits per heavy atom. The number of hydrogen-bond donors (Lipinski definition) is 2. The molecule has 1 amide bonds. The fraction of sp³-hybridized carbons (Fsp3) is 0.533. The number of carbonyl (C=O) groups is 1. The minimum absolute atomic E-state index is 0.00281. The largest absolute Gasteiger partial charge is 0.390 e. The van der Waals surface area contributed by atoms with Crippen molar-refractivity contribution in [3.63, 3.8) is 0 Å². The van der Waals surface area contributed by atoms with Crippen LogP contribution in [0.3, 0.4) is 0 Å². The van der Waals surface area contributed by atoms with Crippen molar-refractivity contribution in [1.29, 1.82) is 0 Å². The Bertz CT molecular complexity index is 493. The van der Waals surface area contributed by atoms with Crippen LogP contribution in [0.2, 0.25) is 0 Å². The van der Waals surface area contributed by atoms with Gasteiger partial charge in [0.25, 0.3) is 0 Å². The van der Waals surface area contributed by atoms with Gasteiger partial charge in [0.05, 0.1) is 12.1 Å². The molecule has 1 aliphatic rings. The molecule has 0 radical (unpaired) electrons. The Hall–Kier alpha value is -0.910. The first-order chi connectivity index (χ1) is 9.35.